The van der Waals surface area contributed by atoms with Gasteiger partial charge in [0.15, 0.2) is 0 Å². The predicted molar refractivity (Wildman–Crippen MR) is 121 cm³/mol. The number of nitrogens with one attached hydrogen (secondary N) is 2. The third kappa shape index (κ3) is 5.02. The topological polar surface area (TPSA) is 101 Å². The molecule has 0 bridgehead atoms. The fourth-order valence-electron chi connectivity index (χ4n) is 4.12. The highest BCUT2D eigenvalue weighted by atomic mass is 16.3. The molecule has 0 aliphatic heterocycles. The molecule has 0 aliphatic carbocycles. The first kappa shape index (κ1) is 23.1. The van der Waals surface area contributed by atoms with Gasteiger partial charge in [0.2, 0.25) is 5.82 Å². The highest BCUT2D eigenvalue weighted by Crippen LogP contribution is 2.21. The monoisotopic (exact) mass is 427 g/mol. The number of aliphatic hydroxyl groups is 1. The molecular weight excluding hydrogens is 392 g/mol. The molecule has 2 aromatic heterocycles. The van der Waals surface area contributed by atoms with Gasteiger partial charge >= 0.3 is 0 Å². The lowest BCUT2D eigenvalue weighted by molar-refractivity contribution is -0.946. The van der Waals surface area contributed by atoms with E-state index >= 15 is 0 Å². The van der Waals surface area contributed by atoms with E-state index in [1.165, 1.54) is 5.56 Å². The number of rotatable bonds is 8. The van der Waals surface area contributed by atoms with Crippen LogP contribution in [0.4, 0.5) is 0 Å². The molecule has 8 heteroatoms. The molecule has 2 heterocycles. The number of benzene rings is 1. The first-order chi connectivity index (χ1) is 14.7. The third-order valence-electron chi connectivity index (χ3n) is 5.90. The van der Waals surface area contributed by atoms with Crippen molar-refractivity contribution in [2.45, 2.75) is 72.5 Å². The largest absolute Gasteiger partial charge is 0.391 e. The maximum Gasteiger partial charge on any atom is 0.257 e. The zero-order valence-electron chi connectivity index (χ0n) is 19.5. The molecule has 0 amide bonds. The molecule has 3 N–H and O–H groups in total. The van der Waals surface area contributed by atoms with Gasteiger partial charge in [-0.1, -0.05) is 13.3 Å². The van der Waals surface area contributed by atoms with Crippen molar-refractivity contribution >= 4 is 10.9 Å². The van der Waals surface area contributed by atoms with E-state index in [4.69, 9.17) is 0 Å². The van der Waals surface area contributed by atoms with Crippen molar-refractivity contribution in [3.05, 3.63) is 51.1 Å². The van der Waals surface area contributed by atoms with Crippen LogP contribution in [-0.2, 0) is 12.1 Å². The van der Waals surface area contributed by atoms with Gasteiger partial charge < -0.3 is 15.0 Å². The zero-order valence-corrected chi connectivity index (χ0v) is 19.5. The van der Waals surface area contributed by atoms with E-state index in [9.17, 15) is 9.90 Å². The van der Waals surface area contributed by atoms with Gasteiger partial charge in [-0.05, 0) is 79.8 Å². The number of aryl methyl sites for hydroxylation is 2. The Hall–Kier alpha value is -2.58. The van der Waals surface area contributed by atoms with Crippen molar-refractivity contribution in [1.29, 1.82) is 0 Å². The number of fused-ring (bicyclic) bond motifs is 1. The second-order valence-electron chi connectivity index (χ2n) is 9.42. The molecule has 0 spiro atoms. The van der Waals surface area contributed by atoms with Crippen LogP contribution in [0, 0.1) is 13.8 Å². The number of tetrazole rings is 1. The van der Waals surface area contributed by atoms with Crippen molar-refractivity contribution in [3.8, 4) is 0 Å². The third-order valence-corrected chi connectivity index (χ3v) is 5.90. The number of hydrogen-bond donors (Lipinski definition) is 3. The summed E-state index contributed by atoms with van der Waals surface area (Å²) in [4.78, 5) is 17.0. The van der Waals surface area contributed by atoms with E-state index in [-0.39, 0.29) is 23.7 Å². The van der Waals surface area contributed by atoms with Gasteiger partial charge in [-0.25, -0.2) is 4.68 Å². The number of pyridine rings is 1. The summed E-state index contributed by atoms with van der Waals surface area (Å²) >= 11 is 0. The zero-order chi connectivity index (χ0) is 22.8. The Morgan fingerprint density at radius 1 is 1.19 bits per heavy atom. The van der Waals surface area contributed by atoms with E-state index in [1.54, 1.807) is 0 Å². The maximum absolute atomic E-state index is 12.9. The summed E-state index contributed by atoms with van der Waals surface area (Å²) in [6.07, 6.45) is 1.80. The Labute approximate surface area is 183 Å². The summed E-state index contributed by atoms with van der Waals surface area (Å²) in [5.74, 6) is 0.793. The minimum absolute atomic E-state index is 0.0242. The van der Waals surface area contributed by atoms with Crippen LogP contribution < -0.4 is 10.5 Å². The van der Waals surface area contributed by atoms with E-state index in [0.29, 0.717) is 18.7 Å². The normalized spacial score (nSPS) is 14.2. The molecule has 2 atom stereocenters. The van der Waals surface area contributed by atoms with Crippen LogP contribution in [-0.4, -0.2) is 43.4 Å². The Morgan fingerprint density at radius 3 is 2.55 bits per heavy atom. The Balaban J connectivity index is 2.03. The average Bonchev–Trinajstić information content (AvgIpc) is 3.18. The second kappa shape index (κ2) is 9.28. The van der Waals surface area contributed by atoms with Crippen LogP contribution in [0.3, 0.4) is 0 Å². The second-order valence-corrected chi connectivity index (χ2v) is 9.42. The van der Waals surface area contributed by atoms with Crippen LogP contribution in [0.25, 0.3) is 10.9 Å². The fourth-order valence-corrected chi connectivity index (χ4v) is 4.12. The van der Waals surface area contributed by atoms with Crippen LogP contribution in [0.1, 0.15) is 69.1 Å². The number of aromatic amines is 1. The van der Waals surface area contributed by atoms with Gasteiger partial charge in [-0.15, -0.1) is 5.10 Å². The minimum Gasteiger partial charge on any atom is -0.391 e. The fraction of sp³-hybridized carbons (Fsp3) is 0.565. The standard InChI is InChI=1S/C23H34N6O2/c1-7-8-20(21-25-26-27-29(21)23(4,5)6)28(9-10-30)14-18-13-17-11-15(2)16(3)12-19(17)24-22(18)31/h11-13,20,30H,7-10,14H2,1-6H3,(H,24,31)/p+1/t20-/m1/s1. The Bertz CT molecular complexity index is 1100. The molecule has 3 rings (SSSR count). The number of aliphatic hydroxyl groups excluding tert-OH is 1. The van der Waals surface area contributed by atoms with Gasteiger partial charge in [0.25, 0.3) is 5.56 Å². The number of H-pyrrole nitrogens is 1. The molecule has 3 aromatic rings. The predicted octanol–water partition coefficient (Wildman–Crippen LogP) is 1.81. The summed E-state index contributed by atoms with van der Waals surface area (Å²) in [6.45, 7) is 13.5. The molecule has 31 heavy (non-hydrogen) atoms. The first-order valence-corrected chi connectivity index (χ1v) is 11.0. The van der Waals surface area contributed by atoms with Crippen molar-refractivity contribution in [2.75, 3.05) is 13.2 Å². The maximum atomic E-state index is 12.9. The number of quaternary nitrogens is 1. The van der Waals surface area contributed by atoms with E-state index in [2.05, 4.69) is 61.2 Å². The molecule has 8 nitrogen and oxygen atoms in total. The summed E-state index contributed by atoms with van der Waals surface area (Å²) in [5.41, 5.74) is 3.55. The molecule has 168 valence electrons. The van der Waals surface area contributed by atoms with Crippen LogP contribution in [0.2, 0.25) is 0 Å². The van der Waals surface area contributed by atoms with Crippen LogP contribution >= 0.6 is 0 Å². The summed E-state index contributed by atoms with van der Waals surface area (Å²) in [6, 6.07) is 6.08. The minimum atomic E-state index is -0.259. The number of aromatic nitrogens is 5. The number of nitrogens with zero attached hydrogens (tertiary/aromatic N) is 4. The Kier molecular flexibility index (Phi) is 6.91. The van der Waals surface area contributed by atoms with Gasteiger partial charge in [0.1, 0.15) is 19.1 Å². The smallest absolute Gasteiger partial charge is 0.257 e. The van der Waals surface area contributed by atoms with Crippen molar-refractivity contribution in [3.63, 3.8) is 0 Å². The number of hydrogen-bond acceptors (Lipinski definition) is 5. The van der Waals surface area contributed by atoms with Crippen molar-refractivity contribution < 1.29 is 10.0 Å². The SMILES string of the molecule is CCC[C@H](c1nnnn1C(C)(C)C)[NH+](CCO)Cc1cc2cc(C)c(C)cc2[nH]c1=O. The molecular formula is C23H35N6O2+. The molecule has 0 saturated carbocycles. The molecule has 0 radical (unpaired) electrons. The average molecular weight is 428 g/mol. The summed E-state index contributed by atoms with van der Waals surface area (Å²) < 4.78 is 1.86. The van der Waals surface area contributed by atoms with Crippen molar-refractivity contribution in [2.24, 2.45) is 0 Å². The van der Waals surface area contributed by atoms with Gasteiger partial charge in [-0.2, -0.15) is 0 Å². The van der Waals surface area contributed by atoms with E-state index in [0.717, 1.165) is 40.0 Å². The highest BCUT2D eigenvalue weighted by molar-refractivity contribution is 5.80. The van der Waals surface area contributed by atoms with Gasteiger partial charge in [0, 0.05) is 11.9 Å². The summed E-state index contributed by atoms with van der Waals surface area (Å²) in [5, 5.41) is 23.3. The molecule has 1 unspecified atom stereocenters. The quantitative estimate of drug-likeness (QED) is 0.509. The Morgan fingerprint density at radius 2 is 1.90 bits per heavy atom. The molecule has 0 aliphatic rings. The lowest BCUT2D eigenvalue weighted by Crippen LogP contribution is -3.11. The van der Waals surface area contributed by atoms with E-state index in [1.807, 2.05) is 23.7 Å². The highest BCUT2D eigenvalue weighted by Gasteiger charge is 2.32. The van der Waals surface area contributed by atoms with Crippen LogP contribution in [0.5, 0.6) is 0 Å². The molecule has 0 saturated heterocycles. The molecule has 0 fully saturated rings. The van der Waals surface area contributed by atoms with E-state index < -0.39 is 0 Å². The lowest BCUT2D eigenvalue weighted by atomic mass is 10.0. The first-order valence-electron chi connectivity index (χ1n) is 11.0. The van der Waals surface area contributed by atoms with Crippen LogP contribution in [0.15, 0.2) is 23.0 Å². The van der Waals surface area contributed by atoms with Gasteiger partial charge in [-0.3, -0.25) is 4.79 Å². The van der Waals surface area contributed by atoms with Gasteiger partial charge in [0.05, 0.1) is 17.7 Å². The lowest BCUT2D eigenvalue weighted by Gasteiger charge is -2.29. The molecule has 1 aromatic carbocycles. The van der Waals surface area contributed by atoms with Crippen molar-refractivity contribution in [1.82, 2.24) is 25.2 Å². The summed E-state index contributed by atoms with van der Waals surface area (Å²) in [7, 11) is 0.